The van der Waals surface area contributed by atoms with Crippen molar-refractivity contribution in [2.45, 2.75) is 38.8 Å². The van der Waals surface area contributed by atoms with Crippen LogP contribution in [-0.4, -0.2) is 34.2 Å². The molecule has 5 nitrogen and oxygen atoms in total. The van der Waals surface area contributed by atoms with E-state index in [4.69, 9.17) is 5.11 Å². The molecule has 0 saturated carbocycles. The topological polar surface area (TPSA) is 86.6 Å². The van der Waals surface area contributed by atoms with Crippen molar-refractivity contribution in [2.75, 3.05) is 0 Å². The molecule has 20 heavy (non-hydrogen) atoms. The Morgan fingerprint density at radius 3 is 2.15 bits per heavy atom. The fourth-order valence-electron chi connectivity index (χ4n) is 2.00. The van der Waals surface area contributed by atoms with E-state index in [2.05, 4.69) is 5.32 Å². The van der Waals surface area contributed by atoms with Gasteiger partial charge < -0.3 is 10.2 Å². The maximum Gasteiger partial charge on any atom is 0.320 e. The first-order valence-electron chi connectivity index (χ1n) is 6.67. The number of rotatable bonds is 8. The molecule has 0 aliphatic heterocycles. The van der Waals surface area contributed by atoms with E-state index in [1.165, 1.54) is 0 Å². The number of carboxylic acid groups (broad SMARTS) is 2. The minimum atomic E-state index is -1.02. The maximum absolute atomic E-state index is 11.2. The van der Waals surface area contributed by atoms with Crippen molar-refractivity contribution in [1.29, 1.82) is 0 Å². The summed E-state index contributed by atoms with van der Waals surface area (Å²) in [7, 11) is 0. The first-order valence-corrected chi connectivity index (χ1v) is 6.67. The Bertz CT molecular complexity index is 444. The molecular formula is C15H21NO4. The average Bonchev–Trinajstić information content (AvgIpc) is 2.38. The molecule has 3 N–H and O–H groups in total. The maximum atomic E-state index is 11.2. The van der Waals surface area contributed by atoms with Gasteiger partial charge in [0.1, 0.15) is 12.1 Å². The molecule has 0 saturated heterocycles. The molecule has 0 bridgehead atoms. The minimum Gasteiger partial charge on any atom is -0.480 e. The van der Waals surface area contributed by atoms with Crippen molar-refractivity contribution in [3.63, 3.8) is 0 Å². The molecule has 0 fully saturated rings. The second-order valence-electron chi connectivity index (χ2n) is 5.14. The summed E-state index contributed by atoms with van der Waals surface area (Å²) >= 11 is 0. The summed E-state index contributed by atoms with van der Waals surface area (Å²) in [5.41, 5.74) is 1.04. The molecule has 0 aliphatic rings. The van der Waals surface area contributed by atoms with E-state index < -0.39 is 24.0 Å². The third-order valence-electron chi connectivity index (χ3n) is 3.18. The van der Waals surface area contributed by atoms with Crippen molar-refractivity contribution in [3.05, 3.63) is 35.9 Å². The number of hydrogen-bond donors (Lipinski definition) is 3. The number of nitrogens with one attached hydrogen (secondary N) is 1. The second kappa shape index (κ2) is 7.65. The Morgan fingerprint density at radius 2 is 1.70 bits per heavy atom. The third kappa shape index (κ3) is 5.01. The van der Waals surface area contributed by atoms with Crippen LogP contribution < -0.4 is 5.32 Å². The summed E-state index contributed by atoms with van der Waals surface area (Å²) < 4.78 is 0. The van der Waals surface area contributed by atoms with Crippen LogP contribution in [-0.2, 0) is 16.0 Å². The van der Waals surface area contributed by atoms with E-state index in [1.807, 2.05) is 30.3 Å². The van der Waals surface area contributed by atoms with Gasteiger partial charge in [0, 0.05) is 0 Å². The number of hydrogen-bond acceptors (Lipinski definition) is 3. The fraction of sp³-hybridized carbons (Fsp3) is 0.467. The van der Waals surface area contributed by atoms with Gasteiger partial charge in [-0.15, -0.1) is 0 Å². The Hall–Kier alpha value is -1.88. The number of aliphatic carboxylic acids is 2. The highest BCUT2D eigenvalue weighted by molar-refractivity contribution is 5.77. The summed E-state index contributed by atoms with van der Waals surface area (Å²) in [6.07, 6.45) is 0.949. The predicted molar refractivity (Wildman–Crippen MR) is 75.6 cm³/mol. The molecule has 110 valence electrons. The van der Waals surface area contributed by atoms with Crippen LogP contribution in [0.5, 0.6) is 0 Å². The Kier molecular flexibility index (Phi) is 6.18. The quantitative estimate of drug-likeness (QED) is 0.675. The number of aryl methyl sites for hydroxylation is 1. The van der Waals surface area contributed by atoms with Crippen molar-refractivity contribution < 1.29 is 19.8 Å². The molecule has 1 aromatic carbocycles. The highest BCUT2D eigenvalue weighted by Crippen LogP contribution is 2.09. The van der Waals surface area contributed by atoms with Crippen molar-refractivity contribution >= 4 is 11.9 Å². The molecule has 0 aromatic heterocycles. The van der Waals surface area contributed by atoms with E-state index >= 15 is 0 Å². The van der Waals surface area contributed by atoms with E-state index in [-0.39, 0.29) is 5.92 Å². The molecule has 0 amide bonds. The lowest BCUT2D eigenvalue weighted by Gasteiger charge is -2.23. The predicted octanol–water partition coefficient (Wildman–Crippen LogP) is 1.77. The average molecular weight is 279 g/mol. The van der Waals surface area contributed by atoms with Crippen LogP contribution in [0.2, 0.25) is 0 Å². The van der Waals surface area contributed by atoms with Crippen LogP contribution in [0, 0.1) is 5.92 Å². The smallest absolute Gasteiger partial charge is 0.320 e. The SMILES string of the molecule is CC(C)C(NC(CCc1ccccc1)C(=O)O)C(=O)O. The van der Waals surface area contributed by atoms with Gasteiger partial charge in [0.25, 0.3) is 0 Å². The highest BCUT2D eigenvalue weighted by Gasteiger charge is 2.27. The van der Waals surface area contributed by atoms with Crippen molar-refractivity contribution in [1.82, 2.24) is 5.32 Å². The van der Waals surface area contributed by atoms with Gasteiger partial charge in [-0.25, -0.2) is 0 Å². The van der Waals surface area contributed by atoms with Gasteiger partial charge in [-0.3, -0.25) is 14.9 Å². The van der Waals surface area contributed by atoms with Gasteiger partial charge >= 0.3 is 11.9 Å². The molecule has 1 aromatic rings. The zero-order valence-electron chi connectivity index (χ0n) is 11.7. The first-order chi connectivity index (χ1) is 9.41. The zero-order valence-corrected chi connectivity index (χ0v) is 11.7. The summed E-state index contributed by atoms with van der Waals surface area (Å²) in [5.74, 6) is -2.22. The van der Waals surface area contributed by atoms with Crippen LogP contribution in [0.4, 0.5) is 0 Å². The number of benzene rings is 1. The summed E-state index contributed by atoms with van der Waals surface area (Å²) in [6, 6.07) is 7.83. The second-order valence-corrected chi connectivity index (χ2v) is 5.14. The van der Waals surface area contributed by atoms with Crippen LogP contribution >= 0.6 is 0 Å². The van der Waals surface area contributed by atoms with Crippen LogP contribution in [0.15, 0.2) is 30.3 Å². The molecule has 0 spiro atoms. The standard InChI is InChI=1S/C15H21NO4/c1-10(2)13(15(19)20)16-12(14(17)18)9-8-11-6-4-3-5-7-11/h3-7,10,12-13,16H,8-9H2,1-2H3,(H,17,18)(H,19,20). The van der Waals surface area contributed by atoms with E-state index in [0.717, 1.165) is 5.56 Å². The number of carboxylic acids is 2. The summed E-state index contributed by atoms with van der Waals surface area (Å²) in [4.78, 5) is 22.4. The Balaban J connectivity index is 2.65. The molecule has 2 unspecified atom stereocenters. The first kappa shape index (κ1) is 16.2. The minimum absolute atomic E-state index is 0.175. The molecule has 2 atom stereocenters. The zero-order chi connectivity index (χ0) is 15.1. The van der Waals surface area contributed by atoms with Gasteiger partial charge in [0.15, 0.2) is 0 Å². The highest BCUT2D eigenvalue weighted by atomic mass is 16.4. The Labute approximate surface area is 118 Å². The molecule has 1 rings (SSSR count). The van der Waals surface area contributed by atoms with Crippen LogP contribution in [0.25, 0.3) is 0 Å². The monoisotopic (exact) mass is 279 g/mol. The van der Waals surface area contributed by atoms with Gasteiger partial charge in [-0.1, -0.05) is 44.2 Å². The van der Waals surface area contributed by atoms with Gasteiger partial charge in [0.2, 0.25) is 0 Å². The lowest BCUT2D eigenvalue weighted by atomic mass is 10.0. The van der Waals surface area contributed by atoms with Gasteiger partial charge in [-0.05, 0) is 24.3 Å². The summed E-state index contributed by atoms with van der Waals surface area (Å²) in [5, 5.41) is 21.0. The molecule has 0 aliphatic carbocycles. The fourth-order valence-corrected chi connectivity index (χ4v) is 2.00. The van der Waals surface area contributed by atoms with E-state index in [0.29, 0.717) is 12.8 Å². The lowest BCUT2D eigenvalue weighted by Crippen LogP contribution is -2.49. The normalized spacial score (nSPS) is 13.9. The van der Waals surface area contributed by atoms with E-state index in [1.54, 1.807) is 13.8 Å². The molecular weight excluding hydrogens is 258 g/mol. The molecule has 0 heterocycles. The van der Waals surface area contributed by atoms with Gasteiger partial charge in [-0.2, -0.15) is 0 Å². The Morgan fingerprint density at radius 1 is 1.10 bits per heavy atom. The summed E-state index contributed by atoms with van der Waals surface area (Å²) in [6.45, 7) is 3.50. The van der Waals surface area contributed by atoms with Crippen LogP contribution in [0.3, 0.4) is 0 Å². The van der Waals surface area contributed by atoms with Crippen LogP contribution in [0.1, 0.15) is 25.8 Å². The van der Waals surface area contributed by atoms with Crippen molar-refractivity contribution in [2.24, 2.45) is 5.92 Å². The largest absolute Gasteiger partial charge is 0.480 e. The van der Waals surface area contributed by atoms with Gasteiger partial charge in [0.05, 0.1) is 0 Å². The molecule has 0 radical (unpaired) electrons. The van der Waals surface area contributed by atoms with E-state index in [9.17, 15) is 14.7 Å². The molecule has 5 heteroatoms. The van der Waals surface area contributed by atoms with Crippen molar-refractivity contribution in [3.8, 4) is 0 Å². The third-order valence-corrected chi connectivity index (χ3v) is 3.18. The lowest BCUT2D eigenvalue weighted by molar-refractivity contribution is -0.143. The number of carbonyl (C=O) groups is 2.